The lowest BCUT2D eigenvalue weighted by atomic mass is 10.1. The molecule has 1 amide bonds. The quantitative estimate of drug-likeness (QED) is 0.708. The van der Waals surface area contributed by atoms with Crippen LogP contribution in [0, 0.1) is 0 Å². The summed E-state index contributed by atoms with van der Waals surface area (Å²) in [6, 6.07) is 4.54. The van der Waals surface area contributed by atoms with Crippen molar-refractivity contribution >= 4 is 24.0 Å². The van der Waals surface area contributed by atoms with Crippen LogP contribution in [0.5, 0.6) is 5.75 Å². The van der Waals surface area contributed by atoms with Crippen LogP contribution in [0.25, 0.3) is 0 Å². The number of aryl methyl sites for hydroxylation is 1. The molecular weight excluding hydrogens is 228 g/mol. The van der Waals surface area contributed by atoms with Crippen molar-refractivity contribution < 1.29 is 9.90 Å². The summed E-state index contributed by atoms with van der Waals surface area (Å²) in [7, 11) is 0. The topological polar surface area (TPSA) is 75.3 Å². The predicted molar refractivity (Wildman–Crippen MR) is 67.0 cm³/mol. The maximum absolute atomic E-state index is 11.3. The number of hydrogen-bond donors (Lipinski definition) is 3. The minimum absolute atomic E-state index is 0. The summed E-state index contributed by atoms with van der Waals surface area (Å²) in [4.78, 5) is 11.3. The Labute approximate surface area is 101 Å². The van der Waals surface area contributed by atoms with Crippen molar-refractivity contribution in [1.29, 1.82) is 0 Å². The molecule has 5 heteroatoms. The first-order valence-corrected chi connectivity index (χ1v) is 4.93. The number of phenolic OH excluding ortho intramolecular Hbond substituents is 1. The maximum Gasteiger partial charge on any atom is 0.241 e. The van der Waals surface area contributed by atoms with E-state index >= 15 is 0 Å². The van der Waals surface area contributed by atoms with E-state index in [9.17, 15) is 9.90 Å². The molecule has 0 heterocycles. The van der Waals surface area contributed by atoms with Crippen LogP contribution < -0.4 is 11.1 Å². The van der Waals surface area contributed by atoms with Gasteiger partial charge in [0.2, 0.25) is 5.91 Å². The van der Waals surface area contributed by atoms with Gasteiger partial charge in [-0.1, -0.05) is 13.0 Å². The Balaban J connectivity index is 0.00000225. The van der Waals surface area contributed by atoms with Crippen LogP contribution in [0.2, 0.25) is 0 Å². The summed E-state index contributed by atoms with van der Waals surface area (Å²) in [6.45, 7) is 3.60. The van der Waals surface area contributed by atoms with Crippen LogP contribution in [0.1, 0.15) is 19.4 Å². The molecular formula is C11H17ClN2O2. The monoisotopic (exact) mass is 244 g/mol. The first-order chi connectivity index (χ1) is 7.04. The van der Waals surface area contributed by atoms with Crippen LogP contribution in [0.3, 0.4) is 0 Å². The Kier molecular flexibility index (Phi) is 5.85. The molecule has 0 bridgehead atoms. The molecule has 0 saturated carbocycles. The Morgan fingerprint density at radius 2 is 2.19 bits per heavy atom. The molecule has 0 unspecified atom stereocenters. The summed E-state index contributed by atoms with van der Waals surface area (Å²) in [5, 5.41) is 12.1. The zero-order valence-corrected chi connectivity index (χ0v) is 10.2. The molecule has 1 aromatic carbocycles. The molecule has 4 nitrogen and oxygen atoms in total. The fraction of sp³-hybridized carbons (Fsp3) is 0.364. The van der Waals surface area contributed by atoms with E-state index in [1.165, 1.54) is 0 Å². The van der Waals surface area contributed by atoms with E-state index in [1.54, 1.807) is 19.1 Å². The van der Waals surface area contributed by atoms with Gasteiger partial charge in [0.1, 0.15) is 5.75 Å². The van der Waals surface area contributed by atoms with E-state index in [1.807, 2.05) is 13.0 Å². The third-order valence-electron chi connectivity index (χ3n) is 2.14. The third kappa shape index (κ3) is 3.72. The number of hydrogen-bond acceptors (Lipinski definition) is 3. The molecule has 90 valence electrons. The van der Waals surface area contributed by atoms with E-state index in [0.717, 1.165) is 12.0 Å². The standard InChI is InChI=1S/C11H16N2O2.ClH/c1-3-8-4-5-10(14)9(6-8)13-11(15)7(2)12;/h4-7,14H,3,12H2,1-2H3,(H,13,15);1H/t7-;/m1./s1. The van der Waals surface area contributed by atoms with E-state index in [4.69, 9.17) is 5.73 Å². The van der Waals surface area contributed by atoms with Gasteiger partial charge in [-0.05, 0) is 31.0 Å². The summed E-state index contributed by atoms with van der Waals surface area (Å²) in [5.41, 5.74) is 6.87. The van der Waals surface area contributed by atoms with Gasteiger partial charge in [0.05, 0.1) is 11.7 Å². The molecule has 1 rings (SSSR count). The van der Waals surface area contributed by atoms with Crippen molar-refractivity contribution in [3.05, 3.63) is 23.8 Å². The van der Waals surface area contributed by atoms with Crippen molar-refractivity contribution in [1.82, 2.24) is 0 Å². The number of nitrogens with one attached hydrogen (secondary N) is 1. The van der Waals surface area contributed by atoms with Gasteiger partial charge < -0.3 is 16.2 Å². The van der Waals surface area contributed by atoms with Gasteiger partial charge in [-0.3, -0.25) is 4.79 Å². The molecule has 1 atom stereocenters. The molecule has 4 N–H and O–H groups in total. The number of benzene rings is 1. The van der Waals surface area contributed by atoms with Crippen LogP contribution in [-0.2, 0) is 11.2 Å². The summed E-state index contributed by atoms with van der Waals surface area (Å²) in [5.74, 6) is -0.250. The number of aromatic hydroxyl groups is 1. The number of carbonyl (C=O) groups is 1. The van der Waals surface area contributed by atoms with Crippen molar-refractivity contribution in [2.75, 3.05) is 5.32 Å². The summed E-state index contributed by atoms with van der Waals surface area (Å²) < 4.78 is 0. The van der Waals surface area contributed by atoms with E-state index in [2.05, 4.69) is 5.32 Å². The summed E-state index contributed by atoms with van der Waals surface area (Å²) >= 11 is 0. The number of carbonyl (C=O) groups excluding carboxylic acids is 1. The minimum atomic E-state index is -0.588. The molecule has 0 radical (unpaired) electrons. The largest absolute Gasteiger partial charge is 0.506 e. The molecule has 1 aromatic rings. The third-order valence-corrected chi connectivity index (χ3v) is 2.14. The highest BCUT2D eigenvalue weighted by Gasteiger charge is 2.10. The van der Waals surface area contributed by atoms with E-state index in [-0.39, 0.29) is 24.1 Å². The lowest BCUT2D eigenvalue weighted by molar-refractivity contribution is -0.117. The molecule has 0 aliphatic rings. The maximum atomic E-state index is 11.3. The van der Waals surface area contributed by atoms with Gasteiger partial charge >= 0.3 is 0 Å². The minimum Gasteiger partial charge on any atom is -0.506 e. The fourth-order valence-electron chi connectivity index (χ4n) is 1.15. The van der Waals surface area contributed by atoms with Gasteiger partial charge in [-0.2, -0.15) is 0 Å². The average Bonchev–Trinajstić information content (AvgIpc) is 2.21. The molecule has 0 fully saturated rings. The molecule has 0 aromatic heterocycles. The zero-order valence-electron chi connectivity index (χ0n) is 9.36. The average molecular weight is 245 g/mol. The highest BCUT2D eigenvalue weighted by molar-refractivity contribution is 5.95. The van der Waals surface area contributed by atoms with Crippen LogP contribution in [-0.4, -0.2) is 17.1 Å². The van der Waals surface area contributed by atoms with Crippen molar-refractivity contribution in [2.45, 2.75) is 26.3 Å². The molecule has 0 aliphatic carbocycles. The van der Waals surface area contributed by atoms with Crippen LogP contribution >= 0.6 is 12.4 Å². The number of anilines is 1. The first kappa shape index (κ1) is 14.7. The second-order valence-electron chi connectivity index (χ2n) is 3.48. The second-order valence-corrected chi connectivity index (χ2v) is 3.48. The fourth-order valence-corrected chi connectivity index (χ4v) is 1.15. The first-order valence-electron chi connectivity index (χ1n) is 4.93. The van der Waals surface area contributed by atoms with Crippen molar-refractivity contribution in [2.24, 2.45) is 5.73 Å². The molecule has 0 spiro atoms. The van der Waals surface area contributed by atoms with Gasteiger partial charge in [0.15, 0.2) is 0 Å². The number of amides is 1. The smallest absolute Gasteiger partial charge is 0.241 e. The molecule has 16 heavy (non-hydrogen) atoms. The second kappa shape index (κ2) is 6.35. The highest BCUT2D eigenvalue weighted by atomic mass is 35.5. The highest BCUT2D eigenvalue weighted by Crippen LogP contribution is 2.24. The van der Waals surface area contributed by atoms with Gasteiger partial charge in [0, 0.05) is 0 Å². The van der Waals surface area contributed by atoms with Crippen molar-refractivity contribution in [3.8, 4) is 5.75 Å². The SMILES string of the molecule is CCc1ccc(O)c(NC(=O)[C@@H](C)N)c1.Cl. The number of nitrogens with two attached hydrogens (primary N) is 1. The zero-order chi connectivity index (χ0) is 11.4. The normalized spacial score (nSPS) is 11.4. The van der Waals surface area contributed by atoms with Crippen LogP contribution in [0.15, 0.2) is 18.2 Å². The van der Waals surface area contributed by atoms with Gasteiger partial charge in [0.25, 0.3) is 0 Å². The van der Waals surface area contributed by atoms with Gasteiger partial charge in [-0.25, -0.2) is 0 Å². The van der Waals surface area contributed by atoms with Crippen molar-refractivity contribution in [3.63, 3.8) is 0 Å². The number of rotatable bonds is 3. The predicted octanol–water partition coefficient (Wildman–Crippen LogP) is 1.66. The summed E-state index contributed by atoms with van der Waals surface area (Å²) in [6.07, 6.45) is 0.849. The molecule has 0 aliphatic heterocycles. The Bertz CT molecular complexity index is 367. The number of phenols is 1. The molecule has 0 saturated heterocycles. The Morgan fingerprint density at radius 1 is 1.56 bits per heavy atom. The van der Waals surface area contributed by atoms with Gasteiger partial charge in [-0.15, -0.1) is 12.4 Å². The Hall–Kier alpha value is -1.26. The lowest BCUT2D eigenvalue weighted by Crippen LogP contribution is -2.32. The number of halogens is 1. The lowest BCUT2D eigenvalue weighted by Gasteiger charge is -2.10. The van der Waals surface area contributed by atoms with E-state index in [0.29, 0.717) is 5.69 Å². The van der Waals surface area contributed by atoms with E-state index < -0.39 is 6.04 Å². The van der Waals surface area contributed by atoms with Crippen LogP contribution in [0.4, 0.5) is 5.69 Å². The Morgan fingerprint density at radius 3 is 2.69 bits per heavy atom.